The van der Waals surface area contributed by atoms with E-state index >= 15 is 0 Å². The van der Waals surface area contributed by atoms with Crippen molar-refractivity contribution >= 4 is 28.6 Å². The molecule has 4 heteroatoms. The molecule has 0 spiro atoms. The Morgan fingerprint density at radius 1 is 1.43 bits per heavy atom. The van der Waals surface area contributed by atoms with Gasteiger partial charge in [-0.15, -0.1) is 0 Å². The molecule has 1 saturated heterocycles. The highest BCUT2D eigenvalue weighted by molar-refractivity contribution is 7.98. The number of H-pyrrole nitrogens is 1. The average molecular weight is 328 g/mol. The standard InChI is InChI=1S/C19H24N2OS/c1-3-18(22)21-10-12(11-23-2)7-15-14-5-4-6-16-19(14)13(9-20-16)8-17(15)21/h4-6,9,12,15,17,20H,3,7-8,10-11H2,1-2H3/t12-,15-,17-/m1/s1. The molecule has 1 aromatic heterocycles. The van der Waals surface area contributed by atoms with Crippen molar-refractivity contribution in [1.82, 2.24) is 9.88 Å². The maximum absolute atomic E-state index is 12.6. The molecule has 2 aromatic rings. The van der Waals surface area contributed by atoms with Crippen LogP contribution in [-0.4, -0.2) is 40.4 Å². The maximum atomic E-state index is 12.6. The number of aromatic amines is 1. The minimum absolute atomic E-state index is 0.317. The number of nitrogens with zero attached hydrogens (tertiary/aromatic N) is 1. The van der Waals surface area contributed by atoms with E-state index in [9.17, 15) is 4.79 Å². The molecule has 0 bridgehead atoms. The summed E-state index contributed by atoms with van der Waals surface area (Å²) in [6.45, 7) is 2.92. The van der Waals surface area contributed by atoms with Gasteiger partial charge in [0.1, 0.15) is 0 Å². The largest absolute Gasteiger partial charge is 0.361 e. The van der Waals surface area contributed by atoms with Crippen LogP contribution in [0.5, 0.6) is 0 Å². The first-order valence-corrected chi connectivity index (χ1v) is 9.99. The number of amides is 1. The van der Waals surface area contributed by atoms with Crippen LogP contribution in [-0.2, 0) is 11.2 Å². The average Bonchev–Trinajstić information content (AvgIpc) is 2.99. The third-order valence-corrected chi connectivity index (χ3v) is 6.39. The van der Waals surface area contributed by atoms with Crippen LogP contribution in [0.25, 0.3) is 10.9 Å². The molecular formula is C19H24N2OS. The van der Waals surface area contributed by atoms with Crippen molar-refractivity contribution in [2.75, 3.05) is 18.6 Å². The number of fused-ring (bicyclic) bond motifs is 2. The fourth-order valence-electron chi connectivity index (χ4n) is 4.64. The molecule has 23 heavy (non-hydrogen) atoms. The molecule has 2 heterocycles. The molecule has 1 aromatic carbocycles. The first-order valence-electron chi connectivity index (χ1n) is 8.60. The van der Waals surface area contributed by atoms with Crippen LogP contribution in [0.3, 0.4) is 0 Å². The number of thioether (sulfide) groups is 1. The Morgan fingerprint density at radius 3 is 3.09 bits per heavy atom. The van der Waals surface area contributed by atoms with Gasteiger partial charge in [-0.3, -0.25) is 4.79 Å². The fourth-order valence-corrected chi connectivity index (χ4v) is 5.35. The lowest BCUT2D eigenvalue weighted by Crippen LogP contribution is -2.52. The number of aromatic nitrogens is 1. The van der Waals surface area contributed by atoms with Gasteiger partial charge in [0, 0.05) is 42.0 Å². The smallest absolute Gasteiger partial charge is 0.222 e. The highest BCUT2D eigenvalue weighted by atomic mass is 32.2. The van der Waals surface area contributed by atoms with Crippen molar-refractivity contribution in [2.24, 2.45) is 5.92 Å². The van der Waals surface area contributed by atoms with Crippen LogP contribution >= 0.6 is 11.8 Å². The van der Waals surface area contributed by atoms with E-state index in [4.69, 9.17) is 0 Å². The summed E-state index contributed by atoms with van der Waals surface area (Å²) in [6, 6.07) is 6.95. The minimum atomic E-state index is 0.317. The molecule has 1 aliphatic heterocycles. The monoisotopic (exact) mass is 328 g/mol. The Hall–Kier alpha value is -1.42. The van der Waals surface area contributed by atoms with E-state index in [0.717, 1.165) is 18.7 Å². The lowest BCUT2D eigenvalue weighted by atomic mass is 9.72. The van der Waals surface area contributed by atoms with Crippen molar-refractivity contribution in [2.45, 2.75) is 38.1 Å². The topological polar surface area (TPSA) is 36.1 Å². The summed E-state index contributed by atoms with van der Waals surface area (Å²) in [5.41, 5.74) is 4.08. The predicted octanol–water partition coefficient (Wildman–Crippen LogP) is 3.80. The lowest BCUT2D eigenvalue weighted by Gasteiger charge is -2.47. The van der Waals surface area contributed by atoms with E-state index in [1.54, 1.807) is 0 Å². The first-order chi connectivity index (χ1) is 11.2. The van der Waals surface area contributed by atoms with Gasteiger partial charge in [0.05, 0.1) is 0 Å². The molecular weight excluding hydrogens is 304 g/mol. The minimum Gasteiger partial charge on any atom is -0.361 e. The van der Waals surface area contributed by atoms with Crippen LogP contribution in [0, 0.1) is 5.92 Å². The molecule has 122 valence electrons. The molecule has 1 amide bonds. The van der Waals surface area contributed by atoms with E-state index < -0.39 is 0 Å². The van der Waals surface area contributed by atoms with E-state index in [1.807, 2.05) is 18.7 Å². The van der Waals surface area contributed by atoms with Gasteiger partial charge in [0.25, 0.3) is 0 Å². The van der Waals surface area contributed by atoms with E-state index in [1.165, 1.54) is 28.5 Å². The van der Waals surface area contributed by atoms with Crippen LogP contribution < -0.4 is 0 Å². The molecule has 0 unspecified atom stereocenters. The number of hydrogen-bond donors (Lipinski definition) is 1. The van der Waals surface area contributed by atoms with Gasteiger partial charge in [-0.25, -0.2) is 0 Å². The highest BCUT2D eigenvalue weighted by Crippen LogP contribution is 2.45. The van der Waals surface area contributed by atoms with Gasteiger partial charge in [0.15, 0.2) is 0 Å². The number of rotatable bonds is 3. The number of likely N-dealkylation sites (tertiary alicyclic amines) is 1. The number of hydrogen-bond acceptors (Lipinski definition) is 2. The fraction of sp³-hybridized carbons (Fsp3) is 0.526. The van der Waals surface area contributed by atoms with Crippen LogP contribution in [0.2, 0.25) is 0 Å². The molecule has 0 radical (unpaired) electrons. The van der Waals surface area contributed by atoms with Crippen molar-refractivity contribution in [3.63, 3.8) is 0 Å². The van der Waals surface area contributed by atoms with Gasteiger partial charge in [-0.2, -0.15) is 11.8 Å². The van der Waals surface area contributed by atoms with Crippen LogP contribution in [0.4, 0.5) is 0 Å². The normalized spacial score (nSPS) is 26.3. The summed E-state index contributed by atoms with van der Waals surface area (Å²) >= 11 is 1.90. The molecule has 1 aliphatic carbocycles. The summed E-state index contributed by atoms with van der Waals surface area (Å²) in [7, 11) is 0. The lowest BCUT2D eigenvalue weighted by molar-refractivity contribution is -0.136. The van der Waals surface area contributed by atoms with Crippen molar-refractivity contribution in [3.8, 4) is 0 Å². The Bertz CT molecular complexity index is 738. The Kier molecular flexibility index (Phi) is 3.88. The Labute approximate surface area is 141 Å². The van der Waals surface area contributed by atoms with Crippen LogP contribution in [0.1, 0.15) is 36.8 Å². The van der Waals surface area contributed by atoms with Gasteiger partial charge in [-0.05, 0) is 48.0 Å². The second-order valence-corrected chi connectivity index (χ2v) is 7.83. The van der Waals surface area contributed by atoms with E-state index in [2.05, 4.69) is 40.5 Å². The SMILES string of the molecule is CCC(=O)N1C[C@H](CSC)C[C@@H]2c3cccc4[nH]cc(c34)C[C@H]21. The Morgan fingerprint density at radius 2 is 2.30 bits per heavy atom. The van der Waals surface area contributed by atoms with Crippen molar-refractivity contribution in [1.29, 1.82) is 0 Å². The summed E-state index contributed by atoms with van der Waals surface area (Å²) in [6.07, 6.45) is 7.14. The van der Waals surface area contributed by atoms with E-state index in [-0.39, 0.29) is 0 Å². The zero-order valence-corrected chi connectivity index (χ0v) is 14.7. The van der Waals surface area contributed by atoms with Gasteiger partial charge in [0.2, 0.25) is 5.91 Å². The third kappa shape index (κ3) is 2.38. The quantitative estimate of drug-likeness (QED) is 0.930. The summed E-state index contributed by atoms with van der Waals surface area (Å²) in [4.78, 5) is 18.2. The Balaban J connectivity index is 1.78. The van der Waals surface area contributed by atoms with E-state index in [0.29, 0.717) is 30.2 Å². The molecule has 1 fully saturated rings. The molecule has 2 aliphatic rings. The second kappa shape index (κ2) is 5.90. The molecule has 4 rings (SSSR count). The molecule has 3 nitrogen and oxygen atoms in total. The maximum Gasteiger partial charge on any atom is 0.222 e. The molecule has 0 saturated carbocycles. The van der Waals surface area contributed by atoms with Crippen molar-refractivity contribution < 1.29 is 4.79 Å². The zero-order chi connectivity index (χ0) is 16.0. The molecule has 3 atom stereocenters. The first kappa shape index (κ1) is 15.1. The number of benzene rings is 1. The highest BCUT2D eigenvalue weighted by Gasteiger charge is 2.41. The number of nitrogens with one attached hydrogen (secondary N) is 1. The van der Waals surface area contributed by atoms with Gasteiger partial charge >= 0.3 is 0 Å². The van der Waals surface area contributed by atoms with Gasteiger partial charge in [-0.1, -0.05) is 19.1 Å². The van der Waals surface area contributed by atoms with Crippen molar-refractivity contribution in [3.05, 3.63) is 35.5 Å². The molecule has 1 N–H and O–H groups in total. The number of carbonyl (C=O) groups excluding carboxylic acids is 1. The van der Waals surface area contributed by atoms with Crippen LogP contribution in [0.15, 0.2) is 24.4 Å². The van der Waals surface area contributed by atoms with Gasteiger partial charge < -0.3 is 9.88 Å². The zero-order valence-electron chi connectivity index (χ0n) is 13.8. The summed E-state index contributed by atoms with van der Waals surface area (Å²) in [5, 5.41) is 1.42. The predicted molar refractivity (Wildman–Crippen MR) is 97.0 cm³/mol. The second-order valence-electron chi connectivity index (χ2n) is 6.92. The summed E-state index contributed by atoms with van der Waals surface area (Å²) in [5.74, 6) is 2.56. The summed E-state index contributed by atoms with van der Waals surface area (Å²) < 4.78 is 0. The third-order valence-electron chi connectivity index (χ3n) is 5.58. The number of carbonyl (C=O) groups is 1. The number of piperidine rings is 1.